The molecule has 1 heterocycles. The number of rotatable bonds is 5. The van der Waals surface area contributed by atoms with Gasteiger partial charge in [0.15, 0.2) is 0 Å². The largest absolute Gasteiger partial charge is 0.368 e. The lowest BCUT2D eigenvalue weighted by Gasteiger charge is -2.38. The summed E-state index contributed by atoms with van der Waals surface area (Å²) in [4.78, 5) is 4.47. The summed E-state index contributed by atoms with van der Waals surface area (Å²) in [5.74, 6) is -0.117. The molecule has 0 amide bonds. The van der Waals surface area contributed by atoms with Gasteiger partial charge >= 0.3 is 0 Å². The zero-order valence-corrected chi connectivity index (χ0v) is 13.7. The molecule has 2 rings (SSSR count). The highest BCUT2D eigenvalue weighted by molar-refractivity contribution is 5.55. The molecule has 1 atom stereocenters. The highest BCUT2D eigenvalue weighted by Crippen LogP contribution is 2.28. The Morgan fingerprint density at radius 3 is 2.86 bits per heavy atom. The van der Waals surface area contributed by atoms with Crippen LogP contribution in [0.5, 0.6) is 0 Å². The van der Waals surface area contributed by atoms with Crippen molar-refractivity contribution in [1.82, 2.24) is 10.2 Å². The third-order valence-electron chi connectivity index (χ3n) is 4.27. The van der Waals surface area contributed by atoms with Crippen molar-refractivity contribution in [3.8, 4) is 0 Å². The Balaban J connectivity index is 2.20. The first-order valence-electron chi connectivity index (χ1n) is 7.91. The van der Waals surface area contributed by atoms with Gasteiger partial charge in [-0.15, -0.1) is 0 Å². The Morgan fingerprint density at radius 1 is 1.43 bits per heavy atom. The third kappa shape index (κ3) is 4.17. The summed E-state index contributed by atoms with van der Waals surface area (Å²) < 4.78 is 14.4. The minimum Gasteiger partial charge on any atom is -0.368 e. The van der Waals surface area contributed by atoms with Crippen molar-refractivity contribution in [3.63, 3.8) is 0 Å². The molecule has 3 nitrogen and oxygen atoms in total. The van der Waals surface area contributed by atoms with E-state index in [0.717, 1.165) is 30.8 Å². The van der Waals surface area contributed by atoms with E-state index in [1.54, 1.807) is 12.1 Å². The van der Waals surface area contributed by atoms with Crippen LogP contribution in [0.2, 0.25) is 0 Å². The summed E-state index contributed by atoms with van der Waals surface area (Å²) in [6, 6.07) is 6.18. The van der Waals surface area contributed by atoms with E-state index >= 15 is 0 Å². The molecule has 1 saturated heterocycles. The van der Waals surface area contributed by atoms with Crippen LogP contribution >= 0.6 is 0 Å². The average molecular weight is 293 g/mol. The molecule has 0 saturated carbocycles. The molecule has 1 aromatic carbocycles. The monoisotopic (exact) mass is 293 g/mol. The van der Waals surface area contributed by atoms with Crippen molar-refractivity contribution in [1.29, 1.82) is 0 Å². The number of hydrogen-bond donors (Lipinski definition) is 1. The van der Waals surface area contributed by atoms with E-state index in [2.05, 4.69) is 36.0 Å². The summed E-state index contributed by atoms with van der Waals surface area (Å²) >= 11 is 0. The molecular weight excluding hydrogens is 265 g/mol. The second kappa shape index (κ2) is 7.23. The van der Waals surface area contributed by atoms with Crippen LogP contribution in [0.3, 0.4) is 0 Å². The van der Waals surface area contributed by atoms with Gasteiger partial charge in [0.25, 0.3) is 0 Å². The lowest BCUT2D eigenvalue weighted by molar-refractivity contribution is 0.247. The Kier molecular flexibility index (Phi) is 5.59. The molecule has 1 fully saturated rings. The third-order valence-corrected chi connectivity index (χ3v) is 4.27. The maximum absolute atomic E-state index is 14.4. The van der Waals surface area contributed by atoms with E-state index in [-0.39, 0.29) is 5.82 Å². The summed E-state index contributed by atoms with van der Waals surface area (Å²) in [7, 11) is 4.17. The minimum absolute atomic E-state index is 0.117. The van der Waals surface area contributed by atoms with E-state index in [9.17, 15) is 4.39 Å². The number of likely N-dealkylation sites (tertiary alicyclic amines) is 1. The fourth-order valence-electron chi connectivity index (χ4n) is 3.05. The second-order valence-corrected chi connectivity index (χ2v) is 6.45. The van der Waals surface area contributed by atoms with Crippen LogP contribution in [0.4, 0.5) is 10.1 Å². The van der Waals surface area contributed by atoms with Crippen molar-refractivity contribution in [2.24, 2.45) is 0 Å². The number of halogens is 1. The standard InChI is InChI=1S/C17H28FN3/c1-13(2)19-11-14-7-5-9-16(18)17(14)21(4)15-8-6-10-20(3)12-15/h5,7,9,13,15,19H,6,8,10-12H2,1-4H3. The summed E-state index contributed by atoms with van der Waals surface area (Å²) in [5, 5.41) is 3.39. The summed E-state index contributed by atoms with van der Waals surface area (Å²) in [5.41, 5.74) is 1.80. The van der Waals surface area contributed by atoms with Crippen LogP contribution in [-0.2, 0) is 6.54 Å². The first-order valence-corrected chi connectivity index (χ1v) is 7.91. The van der Waals surface area contributed by atoms with Gasteiger partial charge < -0.3 is 15.1 Å². The molecule has 0 aromatic heterocycles. The normalized spacial score (nSPS) is 20.0. The molecule has 0 spiro atoms. The molecule has 0 aliphatic carbocycles. The van der Waals surface area contributed by atoms with Crippen molar-refractivity contribution < 1.29 is 4.39 Å². The van der Waals surface area contributed by atoms with Gasteiger partial charge in [0.05, 0.1) is 5.69 Å². The predicted octanol–water partition coefficient (Wildman–Crippen LogP) is 2.85. The van der Waals surface area contributed by atoms with Crippen molar-refractivity contribution >= 4 is 5.69 Å². The molecule has 4 heteroatoms. The van der Waals surface area contributed by atoms with E-state index < -0.39 is 0 Å². The number of piperidine rings is 1. The number of para-hydroxylation sites is 1. The molecule has 1 unspecified atom stereocenters. The van der Waals surface area contributed by atoms with E-state index in [4.69, 9.17) is 0 Å². The molecule has 1 aliphatic heterocycles. The lowest BCUT2D eigenvalue weighted by atomic mass is 10.0. The molecule has 0 radical (unpaired) electrons. The second-order valence-electron chi connectivity index (χ2n) is 6.45. The number of anilines is 1. The highest BCUT2D eigenvalue weighted by atomic mass is 19.1. The van der Waals surface area contributed by atoms with Crippen molar-refractivity contribution in [2.75, 3.05) is 32.1 Å². The number of benzene rings is 1. The first kappa shape index (κ1) is 16.2. The van der Waals surface area contributed by atoms with E-state index in [1.807, 2.05) is 13.1 Å². The van der Waals surface area contributed by atoms with Crippen LogP contribution in [-0.4, -0.2) is 44.2 Å². The fraction of sp³-hybridized carbons (Fsp3) is 0.647. The van der Waals surface area contributed by atoms with Crippen LogP contribution < -0.4 is 10.2 Å². The van der Waals surface area contributed by atoms with Gasteiger partial charge in [-0.05, 0) is 38.1 Å². The van der Waals surface area contributed by atoms with Crippen molar-refractivity contribution in [3.05, 3.63) is 29.6 Å². The van der Waals surface area contributed by atoms with Gasteiger partial charge in [0, 0.05) is 32.2 Å². The highest BCUT2D eigenvalue weighted by Gasteiger charge is 2.24. The van der Waals surface area contributed by atoms with E-state index in [0.29, 0.717) is 18.6 Å². The van der Waals surface area contributed by atoms with Crippen LogP contribution in [0.1, 0.15) is 32.3 Å². The molecule has 0 bridgehead atoms. The molecule has 118 valence electrons. The Hall–Kier alpha value is -1.13. The van der Waals surface area contributed by atoms with Gasteiger partial charge in [0.1, 0.15) is 5.82 Å². The fourth-order valence-corrected chi connectivity index (χ4v) is 3.05. The van der Waals surface area contributed by atoms with Gasteiger partial charge in [0.2, 0.25) is 0 Å². The Bertz CT molecular complexity index is 461. The van der Waals surface area contributed by atoms with Crippen LogP contribution in [0, 0.1) is 5.82 Å². The lowest BCUT2D eigenvalue weighted by Crippen LogP contribution is -2.45. The minimum atomic E-state index is -0.117. The van der Waals surface area contributed by atoms with Crippen LogP contribution in [0.25, 0.3) is 0 Å². The topological polar surface area (TPSA) is 18.5 Å². The van der Waals surface area contributed by atoms with Gasteiger partial charge in [-0.25, -0.2) is 4.39 Å². The molecule has 21 heavy (non-hydrogen) atoms. The Labute approximate surface area is 128 Å². The molecular formula is C17H28FN3. The summed E-state index contributed by atoms with van der Waals surface area (Å²) in [6.07, 6.45) is 2.31. The Morgan fingerprint density at radius 2 is 2.19 bits per heavy atom. The molecule has 1 aromatic rings. The quantitative estimate of drug-likeness (QED) is 0.900. The van der Waals surface area contributed by atoms with Gasteiger partial charge in [-0.1, -0.05) is 26.0 Å². The zero-order chi connectivity index (χ0) is 15.4. The number of likely N-dealkylation sites (N-methyl/N-ethyl adjacent to an activating group) is 2. The molecule has 1 N–H and O–H groups in total. The zero-order valence-electron chi connectivity index (χ0n) is 13.7. The molecule has 1 aliphatic rings. The number of nitrogens with zero attached hydrogens (tertiary/aromatic N) is 2. The van der Waals surface area contributed by atoms with Crippen LogP contribution in [0.15, 0.2) is 18.2 Å². The van der Waals surface area contributed by atoms with E-state index in [1.165, 1.54) is 6.42 Å². The SMILES string of the molecule is CC(C)NCc1cccc(F)c1N(C)C1CCCN(C)C1. The number of nitrogens with one attached hydrogen (secondary N) is 1. The predicted molar refractivity (Wildman–Crippen MR) is 87.3 cm³/mol. The van der Waals surface area contributed by atoms with Gasteiger partial charge in [-0.2, -0.15) is 0 Å². The summed E-state index contributed by atoms with van der Waals surface area (Å²) in [6.45, 7) is 7.07. The maximum Gasteiger partial charge on any atom is 0.146 e. The average Bonchev–Trinajstić information content (AvgIpc) is 2.44. The smallest absolute Gasteiger partial charge is 0.146 e. The maximum atomic E-state index is 14.4. The van der Waals surface area contributed by atoms with Crippen molar-refractivity contribution in [2.45, 2.75) is 45.3 Å². The number of hydrogen-bond acceptors (Lipinski definition) is 3. The van der Waals surface area contributed by atoms with Gasteiger partial charge in [-0.3, -0.25) is 0 Å². The first-order chi connectivity index (χ1) is 9.99.